The highest BCUT2D eigenvalue weighted by Crippen LogP contribution is 1.94. The highest BCUT2D eigenvalue weighted by molar-refractivity contribution is 5.75. The first-order valence-corrected chi connectivity index (χ1v) is 5.72. The first-order chi connectivity index (χ1) is 8.49. The van der Waals surface area contributed by atoms with E-state index in [-0.39, 0.29) is 12.6 Å². The summed E-state index contributed by atoms with van der Waals surface area (Å²) < 4.78 is 1.70. The molecule has 3 N–H and O–H groups in total. The first kappa shape index (κ1) is 14.0. The van der Waals surface area contributed by atoms with E-state index in [1.54, 1.807) is 4.68 Å². The van der Waals surface area contributed by atoms with Crippen LogP contribution in [0.2, 0.25) is 0 Å². The zero-order chi connectivity index (χ0) is 13.5. The number of carbonyl (C=O) groups is 2. The van der Waals surface area contributed by atoms with Gasteiger partial charge in [-0.25, -0.2) is 4.79 Å². The lowest BCUT2D eigenvalue weighted by Crippen LogP contribution is -2.40. The number of hydrogen-bond donors (Lipinski definition) is 3. The van der Waals surface area contributed by atoms with Gasteiger partial charge >= 0.3 is 12.0 Å². The van der Waals surface area contributed by atoms with Gasteiger partial charge in [0.15, 0.2) is 0 Å². The molecule has 100 valence electrons. The van der Waals surface area contributed by atoms with E-state index in [9.17, 15) is 9.59 Å². The summed E-state index contributed by atoms with van der Waals surface area (Å²) in [5.74, 6) is -1.52. The Morgan fingerprint density at radius 3 is 2.78 bits per heavy atom. The second-order valence-electron chi connectivity index (χ2n) is 4.11. The normalized spacial score (nSPS) is 11.9. The molecule has 0 aliphatic heterocycles. The van der Waals surface area contributed by atoms with E-state index < -0.39 is 11.9 Å². The fraction of sp³-hybridized carbons (Fsp3) is 0.545. The molecule has 1 heterocycles. The lowest BCUT2D eigenvalue weighted by molar-refractivity contribution is -0.140. The van der Waals surface area contributed by atoms with Crippen molar-refractivity contribution >= 4 is 12.0 Å². The Bertz CT molecular complexity index is 416. The molecular formula is C11H18N4O3. The smallest absolute Gasteiger partial charge is 0.314 e. The van der Waals surface area contributed by atoms with Crippen molar-refractivity contribution < 1.29 is 14.7 Å². The number of amides is 2. The maximum absolute atomic E-state index is 11.3. The minimum absolute atomic E-state index is 0.116. The first-order valence-electron chi connectivity index (χ1n) is 5.72. The third kappa shape index (κ3) is 4.86. The Morgan fingerprint density at radius 2 is 2.22 bits per heavy atom. The Hall–Kier alpha value is -2.05. The van der Waals surface area contributed by atoms with Crippen molar-refractivity contribution in [3.63, 3.8) is 0 Å². The third-order valence-corrected chi connectivity index (χ3v) is 2.43. The number of nitrogens with one attached hydrogen (secondary N) is 2. The number of hydrogen-bond acceptors (Lipinski definition) is 3. The highest BCUT2D eigenvalue weighted by Gasteiger charge is 2.11. The number of carbonyl (C=O) groups excluding carboxylic acids is 1. The van der Waals surface area contributed by atoms with E-state index in [4.69, 9.17) is 5.11 Å². The molecule has 0 saturated carbocycles. The van der Waals surface area contributed by atoms with Crippen molar-refractivity contribution in [2.24, 2.45) is 13.0 Å². The predicted molar refractivity (Wildman–Crippen MR) is 65.1 cm³/mol. The average molecular weight is 254 g/mol. The summed E-state index contributed by atoms with van der Waals surface area (Å²) in [5, 5.41) is 18.0. The van der Waals surface area contributed by atoms with E-state index in [0.29, 0.717) is 13.0 Å². The minimum Gasteiger partial charge on any atom is -0.481 e. The van der Waals surface area contributed by atoms with Crippen molar-refractivity contribution in [3.05, 3.63) is 18.0 Å². The van der Waals surface area contributed by atoms with Crippen molar-refractivity contribution in [2.45, 2.75) is 13.3 Å². The Kier molecular flexibility index (Phi) is 5.16. The molecule has 1 aromatic heterocycles. The van der Waals surface area contributed by atoms with Crippen LogP contribution in [-0.4, -0.2) is 40.0 Å². The van der Waals surface area contributed by atoms with E-state index in [2.05, 4.69) is 15.7 Å². The van der Waals surface area contributed by atoms with Crippen molar-refractivity contribution in [2.75, 3.05) is 13.1 Å². The van der Waals surface area contributed by atoms with Gasteiger partial charge in [0.1, 0.15) is 0 Å². The van der Waals surface area contributed by atoms with Gasteiger partial charge in [0.2, 0.25) is 0 Å². The Morgan fingerprint density at radius 1 is 1.50 bits per heavy atom. The van der Waals surface area contributed by atoms with Crippen LogP contribution in [0, 0.1) is 5.92 Å². The molecule has 0 spiro atoms. The largest absolute Gasteiger partial charge is 0.481 e. The van der Waals surface area contributed by atoms with Gasteiger partial charge in [0.05, 0.1) is 11.6 Å². The van der Waals surface area contributed by atoms with Gasteiger partial charge in [0, 0.05) is 32.8 Å². The maximum atomic E-state index is 11.3. The standard InChI is InChI=1S/C11H18N4O3/c1-8(10(16)17)7-13-11(18)12-5-3-9-4-6-15(2)14-9/h4,6,8H,3,5,7H2,1-2H3,(H,16,17)(H2,12,13,18). The molecule has 18 heavy (non-hydrogen) atoms. The molecule has 1 rings (SSSR count). The second kappa shape index (κ2) is 6.63. The topological polar surface area (TPSA) is 96.3 Å². The van der Waals surface area contributed by atoms with E-state index in [1.807, 2.05) is 19.3 Å². The van der Waals surface area contributed by atoms with Crippen LogP contribution in [0.3, 0.4) is 0 Å². The molecular weight excluding hydrogens is 236 g/mol. The molecule has 1 aromatic rings. The molecule has 7 nitrogen and oxygen atoms in total. The molecule has 2 amide bonds. The molecule has 0 bridgehead atoms. The molecule has 0 aromatic carbocycles. The van der Waals surface area contributed by atoms with Crippen LogP contribution in [0.4, 0.5) is 4.79 Å². The highest BCUT2D eigenvalue weighted by atomic mass is 16.4. The summed E-state index contributed by atoms with van der Waals surface area (Å²) in [4.78, 5) is 21.9. The van der Waals surface area contributed by atoms with Gasteiger partial charge in [-0.15, -0.1) is 0 Å². The Balaban J connectivity index is 2.15. The average Bonchev–Trinajstić information content (AvgIpc) is 2.71. The monoisotopic (exact) mass is 254 g/mol. The number of rotatable bonds is 6. The molecule has 0 fully saturated rings. The van der Waals surface area contributed by atoms with E-state index >= 15 is 0 Å². The van der Waals surface area contributed by atoms with Crippen molar-refractivity contribution in [1.29, 1.82) is 0 Å². The number of aryl methyl sites for hydroxylation is 1. The lowest BCUT2D eigenvalue weighted by atomic mass is 10.2. The Labute approximate surface area is 105 Å². The number of urea groups is 1. The lowest BCUT2D eigenvalue weighted by Gasteiger charge is -2.09. The van der Waals surface area contributed by atoms with Crippen LogP contribution in [0.15, 0.2) is 12.3 Å². The fourth-order valence-electron chi connectivity index (χ4n) is 1.30. The van der Waals surface area contributed by atoms with Gasteiger partial charge < -0.3 is 15.7 Å². The summed E-state index contributed by atoms with van der Waals surface area (Å²) in [6.07, 6.45) is 2.48. The molecule has 0 saturated heterocycles. The summed E-state index contributed by atoms with van der Waals surface area (Å²) in [6.45, 7) is 2.12. The number of aliphatic carboxylic acids is 1. The van der Waals surface area contributed by atoms with Gasteiger partial charge in [-0.1, -0.05) is 6.92 Å². The van der Waals surface area contributed by atoms with Crippen LogP contribution in [0.1, 0.15) is 12.6 Å². The van der Waals surface area contributed by atoms with Gasteiger partial charge in [-0.05, 0) is 6.07 Å². The van der Waals surface area contributed by atoms with Crippen LogP contribution >= 0.6 is 0 Å². The van der Waals surface area contributed by atoms with Crippen LogP contribution in [-0.2, 0) is 18.3 Å². The zero-order valence-corrected chi connectivity index (χ0v) is 10.5. The van der Waals surface area contributed by atoms with E-state index in [0.717, 1.165) is 5.69 Å². The minimum atomic E-state index is -0.927. The van der Waals surface area contributed by atoms with Crippen LogP contribution < -0.4 is 10.6 Å². The van der Waals surface area contributed by atoms with Gasteiger partial charge in [-0.2, -0.15) is 5.10 Å². The number of carboxylic acids is 1. The van der Waals surface area contributed by atoms with Crippen molar-refractivity contribution in [3.8, 4) is 0 Å². The SMILES string of the molecule is CC(CNC(=O)NCCc1ccn(C)n1)C(=O)O. The molecule has 1 atom stereocenters. The number of aromatic nitrogens is 2. The number of carboxylic acid groups (broad SMARTS) is 1. The molecule has 0 radical (unpaired) electrons. The summed E-state index contributed by atoms with van der Waals surface area (Å²) >= 11 is 0. The van der Waals surface area contributed by atoms with Gasteiger partial charge in [-0.3, -0.25) is 9.48 Å². The number of nitrogens with zero attached hydrogens (tertiary/aromatic N) is 2. The third-order valence-electron chi connectivity index (χ3n) is 2.43. The second-order valence-corrected chi connectivity index (χ2v) is 4.11. The summed E-state index contributed by atoms with van der Waals surface area (Å²) in [7, 11) is 1.83. The fourth-order valence-corrected chi connectivity index (χ4v) is 1.30. The van der Waals surface area contributed by atoms with Crippen molar-refractivity contribution in [1.82, 2.24) is 20.4 Å². The van der Waals surface area contributed by atoms with Crippen LogP contribution in [0.5, 0.6) is 0 Å². The predicted octanol–water partition coefficient (Wildman–Crippen LogP) is -0.0175. The summed E-state index contributed by atoms with van der Waals surface area (Å²) in [5.41, 5.74) is 0.900. The molecule has 0 aliphatic carbocycles. The molecule has 7 heteroatoms. The molecule has 0 aliphatic rings. The van der Waals surface area contributed by atoms with Crippen LogP contribution in [0.25, 0.3) is 0 Å². The molecule has 1 unspecified atom stereocenters. The van der Waals surface area contributed by atoms with Gasteiger partial charge in [0.25, 0.3) is 0 Å². The quantitative estimate of drug-likeness (QED) is 0.665. The zero-order valence-electron chi connectivity index (χ0n) is 10.5. The maximum Gasteiger partial charge on any atom is 0.314 e. The van der Waals surface area contributed by atoms with E-state index in [1.165, 1.54) is 6.92 Å². The summed E-state index contributed by atoms with van der Waals surface area (Å²) in [6, 6.07) is 1.52.